The van der Waals surface area contributed by atoms with Crippen molar-refractivity contribution in [1.82, 2.24) is 0 Å². The number of nitrogens with one attached hydrogen (secondary N) is 1. The SMILES string of the molecule is COC(=O)c1ccccc1N1C(=O)[C@H]2C[NH2+][C@@]3(C(=O)Nc4ccccc43)[C@H]2C1=O. The van der Waals surface area contributed by atoms with Crippen molar-refractivity contribution < 1.29 is 29.2 Å². The summed E-state index contributed by atoms with van der Waals surface area (Å²) in [4.78, 5) is 53.0. The van der Waals surface area contributed by atoms with Crippen LogP contribution < -0.4 is 15.5 Å². The minimum atomic E-state index is -1.18. The number of quaternary nitrogens is 1. The molecule has 8 nitrogen and oxygen atoms in total. The van der Waals surface area contributed by atoms with Crippen LogP contribution in [-0.4, -0.2) is 37.3 Å². The fraction of sp³-hybridized carbons (Fsp3) is 0.238. The summed E-state index contributed by atoms with van der Waals surface area (Å²) < 4.78 is 4.80. The first-order valence-corrected chi connectivity index (χ1v) is 9.31. The van der Waals surface area contributed by atoms with Crippen molar-refractivity contribution in [2.45, 2.75) is 5.54 Å². The van der Waals surface area contributed by atoms with Crippen molar-refractivity contribution in [3.63, 3.8) is 0 Å². The van der Waals surface area contributed by atoms with E-state index in [0.717, 1.165) is 4.90 Å². The molecule has 2 saturated heterocycles. The van der Waals surface area contributed by atoms with E-state index in [1.165, 1.54) is 13.2 Å². The molecule has 3 amide bonds. The van der Waals surface area contributed by atoms with E-state index >= 15 is 0 Å². The first kappa shape index (κ1) is 17.6. The molecule has 3 aliphatic rings. The highest BCUT2D eigenvalue weighted by atomic mass is 16.5. The summed E-state index contributed by atoms with van der Waals surface area (Å²) in [7, 11) is 1.24. The molecule has 3 atom stereocenters. The Kier molecular flexibility index (Phi) is 3.63. The number of carbonyl (C=O) groups excluding carboxylic acids is 4. The van der Waals surface area contributed by atoms with Crippen LogP contribution in [0.3, 0.4) is 0 Å². The molecule has 146 valence electrons. The number of hydrogen-bond donors (Lipinski definition) is 2. The van der Waals surface area contributed by atoms with Gasteiger partial charge in [0.2, 0.25) is 17.4 Å². The molecular formula is C21H18N3O5+. The van der Waals surface area contributed by atoms with Crippen LogP contribution in [0.15, 0.2) is 48.5 Å². The number of nitrogens with zero attached hydrogens (tertiary/aromatic N) is 1. The van der Waals surface area contributed by atoms with Crippen molar-refractivity contribution in [3.05, 3.63) is 59.7 Å². The Morgan fingerprint density at radius 1 is 1.10 bits per heavy atom. The normalized spacial score (nSPS) is 27.2. The van der Waals surface area contributed by atoms with Gasteiger partial charge >= 0.3 is 5.97 Å². The van der Waals surface area contributed by atoms with Crippen LogP contribution in [0.2, 0.25) is 0 Å². The van der Waals surface area contributed by atoms with Crippen molar-refractivity contribution >= 4 is 35.1 Å². The Hall–Kier alpha value is -3.52. The molecule has 2 aromatic carbocycles. The molecular weight excluding hydrogens is 374 g/mol. The Morgan fingerprint density at radius 2 is 1.83 bits per heavy atom. The van der Waals surface area contributed by atoms with Crippen molar-refractivity contribution in [2.24, 2.45) is 11.8 Å². The van der Waals surface area contributed by atoms with Crippen molar-refractivity contribution in [2.75, 3.05) is 23.9 Å². The molecule has 2 aromatic rings. The molecule has 0 bridgehead atoms. The second-order valence-electron chi connectivity index (χ2n) is 7.41. The average Bonchev–Trinajstić information content (AvgIpc) is 3.35. The lowest BCUT2D eigenvalue weighted by Crippen LogP contribution is -2.95. The number of carbonyl (C=O) groups is 4. The van der Waals surface area contributed by atoms with Crippen LogP contribution in [0.5, 0.6) is 0 Å². The predicted molar refractivity (Wildman–Crippen MR) is 101 cm³/mol. The fourth-order valence-corrected chi connectivity index (χ4v) is 4.92. The van der Waals surface area contributed by atoms with Crippen LogP contribution in [0.4, 0.5) is 11.4 Å². The van der Waals surface area contributed by atoms with Crippen LogP contribution in [0.25, 0.3) is 0 Å². The summed E-state index contributed by atoms with van der Waals surface area (Å²) in [6, 6.07) is 13.6. The second-order valence-corrected chi connectivity index (χ2v) is 7.41. The molecule has 29 heavy (non-hydrogen) atoms. The van der Waals surface area contributed by atoms with E-state index in [1.54, 1.807) is 29.6 Å². The number of amides is 3. The number of methoxy groups -OCH3 is 1. The van der Waals surface area contributed by atoms with Crippen molar-refractivity contribution in [3.8, 4) is 0 Å². The maximum Gasteiger partial charge on any atom is 0.339 e. The molecule has 5 rings (SSSR count). The van der Waals surface area contributed by atoms with Gasteiger partial charge in [-0.2, -0.15) is 0 Å². The number of para-hydroxylation sites is 2. The molecule has 3 aliphatic heterocycles. The zero-order valence-electron chi connectivity index (χ0n) is 15.5. The summed E-state index contributed by atoms with van der Waals surface area (Å²) in [5, 5.41) is 4.64. The Morgan fingerprint density at radius 3 is 2.62 bits per heavy atom. The quantitative estimate of drug-likeness (QED) is 0.553. The zero-order valence-corrected chi connectivity index (χ0v) is 15.5. The van der Waals surface area contributed by atoms with Gasteiger partial charge in [0, 0.05) is 5.56 Å². The number of imide groups is 1. The smallest absolute Gasteiger partial charge is 0.339 e. The fourth-order valence-electron chi connectivity index (χ4n) is 4.92. The van der Waals surface area contributed by atoms with Gasteiger partial charge in [0.05, 0.1) is 30.6 Å². The third-order valence-corrected chi connectivity index (χ3v) is 6.16. The molecule has 0 aromatic heterocycles. The van der Waals surface area contributed by atoms with Gasteiger partial charge in [0.15, 0.2) is 0 Å². The molecule has 0 saturated carbocycles. The van der Waals surface area contributed by atoms with Gasteiger partial charge in [-0.1, -0.05) is 30.3 Å². The Labute approximate surface area is 165 Å². The van der Waals surface area contributed by atoms with E-state index in [4.69, 9.17) is 4.74 Å². The first-order chi connectivity index (χ1) is 14.0. The van der Waals surface area contributed by atoms with E-state index in [1.807, 2.05) is 18.2 Å². The highest BCUT2D eigenvalue weighted by Crippen LogP contribution is 2.48. The number of nitrogens with two attached hydrogens (primary N) is 1. The topological polar surface area (TPSA) is 109 Å². The second kappa shape index (κ2) is 5.99. The monoisotopic (exact) mass is 392 g/mol. The number of anilines is 2. The summed E-state index contributed by atoms with van der Waals surface area (Å²) >= 11 is 0. The lowest BCUT2D eigenvalue weighted by atomic mass is 9.77. The van der Waals surface area contributed by atoms with E-state index in [2.05, 4.69) is 5.32 Å². The summed E-state index contributed by atoms with van der Waals surface area (Å²) in [6.07, 6.45) is 0. The van der Waals surface area contributed by atoms with Gasteiger partial charge in [-0.25, -0.2) is 9.69 Å². The summed E-state index contributed by atoms with van der Waals surface area (Å²) in [5.41, 5.74) is 0.504. The lowest BCUT2D eigenvalue weighted by Gasteiger charge is -2.25. The van der Waals surface area contributed by atoms with Gasteiger partial charge in [0.1, 0.15) is 11.8 Å². The lowest BCUT2D eigenvalue weighted by molar-refractivity contribution is -0.703. The number of esters is 1. The van der Waals surface area contributed by atoms with E-state index in [0.29, 0.717) is 17.8 Å². The van der Waals surface area contributed by atoms with Gasteiger partial charge < -0.3 is 15.4 Å². The Bertz CT molecular complexity index is 1100. The van der Waals surface area contributed by atoms with Crippen LogP contribution in [-0.2, 0) is 24.7 Å². The molecule has 3 heterocycles. The number of rotatable bonds is 2. The van der Waals surface area contributed by atoms with Crippen LogP contribution in [0, 0.1) is 11.8 Å². The average molecular weight is 392 g/mol. The van der Waals surface area contributed by atoms with Crippen LogP contribution >= 0.6 is 0 Å². The summed E-state index contributed by atoms with van der Waals surface area (Å²) in [5.74, 6) is -3.30. The summed E-state index contributed by atoms with van der Waals surface area (Å²) in [6.45, 7) is 0.313. The van der Waals surface area contributed by atoms with Crippen molar-refractivity contribution in [1.29, 1.82) is 0 Å². The number of benzene rings is 2. The van der Waals surface area contributed by atoms with Crippen LogP contribution in [0.1, 0.15) is 15.9 Å². The highest BCUT2D eigenvalue weighted by Gasteiger charge is 2.71. The largest absolute Gasteiger partial charge is 0.465 e. The standard InChI is InChI=1S/C21H17N3O5/c1-29-19(27)11-6-2-5-9-15(11)24-17(25)12-10-22-21(16(12)18(24)26)13-7-3-4-8-14(13)23-20(21)28/h2-9,12,16,22H,10H2,1H3,(H,23,28)/p+1/t12-,16+,21+/m0/s1. The number of ether oxygens (including phenoxy) is 1. The number of fused-ring (bicyclic) bond motifs is 4. The van der Waals surface area contributed by atoms with Gasteiger partial charge in [0.25, 0.3) is 5.91 Å². The minimum Gasteiger partial charge on any atom is -0.465 e. The maximum atomic E-state index is 13.5. The first-order valence-electron chi connectivity index (χ1n) is 9.31. The van der Waals surface area contributed by atoms with Gasteiger partial charge in [-0.05, 0) is 18.2 Å². The molecule has 0 unspecified atom stereocenters. The third kappa shape index (κ3) is 2.11. The van der Waals surface area contributed by atoms with Gasteiger partial charge in [-0.3, -0.25) is 14.4 Å². The predicted octanol–water partition coefficient (Wildman–Crippen LogP) is 0.00340. The molecule has 3 N–H and O–H groups in total. The van der Waals surface area contributed by atoms with Gasteiger partial charge in [-0.15, -0.1) is 0 Å². The molecule has 0 aliphatic carbocycles. The van der Waals surface area contributed by atoms with E-state index in [-0.39, 0.29) is 17.2 Å². The molecule has 2 fully saturated rings. The molecule has 1 spiro atoms. The molecule has 0 radical (unpaired) electrons. The maximum absolute atomic E-state index is 13.5. The number of hydrogen-bond acceptors (Lipinski definition) is 5. The third-order valence-electron chi connectivity index (χ3n) is 6.16. The van der Waals surface area contributed by atoms with E-state index in [9.17, 15) is 19.2 Å². The molecule has 8 heteroatoms. The Balaban J connectivity index is 1.63. The van der Waals surface area contributed by atoms with E-state index < -0.39 is 35.2 Å². The highest BCUT2D eigenvalue weighted by molar-refractivity contribution is 6.26. The zero-order chi connectivity index (χ0) is 20.3. The minimum absolute atomic E-state index is 0.131.